The molecule has 104 valence electrons. The Balaban J connectivity index is 1.64. The number of carbonyl (C=O) groups is 1. The van der Waals surface area contributed by atoms with Crippen molar-refractivity contribution in [2.75, 3.05) is 13.2 Å². The molecule has 0 radical (unpaired) electrons. The molecule has 19 heavy (non-hydrogen) atoms. The molecular formula is C14H19ClN2O2. The predicted octanol–water partition coefficient (Wildman–Crippen LogP) is 2.81. The van der Waals surface area contributed by atoms with E-state index in [1.807, 2.05) is 0 Å². The minimum Gasteiger partial charge on any atom is -0.376 e. The number of ether oxygens (including phenoxy) is 1. The molecular weight excluding hydrogens is 264 g/mol. The molecule has 1 N–H and O–H groups in total. The van der Waals surface area contributed by atoms with Crippen molar-refractivity contribution in [2.45, 2.75) is 38.2 Å². The zero-order valence-corrected chi connectivity index (χ0v) is 11.7. The average Bonchev–Trinajstić information content (AvgIpc) is 2.45. The third-order valence-electron chi connectivity index (χ3n) is 3.28. The molecule has 0 atom stereocenters. The molecule has 1 aromatic rings. The van der Waals surface area contributed by atoms with Crippen molar-refractivity contribution in [2.24, 2.45) is 0 Å². The first-order valence-electron chi connectivity index (χ1n) is 6.77. The van der Waals surface area contributed by atoms with Crippen LogP contribution in [0.1, 0.15) is 42.5 Å². The van der Waals surface area contributed by atoms with Gasteiger partial charge in [-0.2, -0.15) is 0 Å². The monoisotopic (exact) mass is 282 g/mol. The minimum absolute atomic E-state index is 0.142. The maximum absolute atomic E-state index is 11.8. The van der Waals surface area contributed by atoms with Crippen molar-refractivity contribution in [1.29, 1.82) is 0 Å². The fourth-order valence-corrected chi connectivity index (χ4v) is 2.35. The van der Waals surface area contributed by atoms with Gasteiger partial charge in [-0.25, -0.2) is 4.98 Å². The van der Waals surface area contributed by atoms with Crippen LogP contribution in [0, 0.1) is 0 Å². The second-order valence-electron chi connectivity index (χ2n) is 4.76. The van der Waals surface area contributed by atoms with Crippen LogP contribution in [-0.4, -0.2) is 30.1 Å². The van der Waals surface area contributed by atoms with Crippen LogP contribution in [0.25, 0.3) is 0 Å². The highest BCUT2D eigenvalue weighted by Gasteiger charge is 2.13. The largest absolute Gasteiger partial charge is 0.376 e. The first-order valence-corrected chi connectivity index (χ1v) is 7.15. The normalized spacial score (nSPS) is 16.3. The predicted molar refractivity (Wildman–Crippen MR) is 74.4 cm³/mol. The number of amides is 1. The molecule has 0 saturated heterocycles. The highest BCUT2D eigenvalue weighted by Crippen LogP contribution is 2.19. The highest BCUT2D eigenvalue weighted by molar-refractivity contribution is 6.29. The summed E-state index contributed by atoms with van der Waals surface area (Å²) in [7, 11) is 0. The summed E-state index contributed by atoms with van der Waals surface area (Å²) in [5, 5.41) is 3.20. The van der Waals surface area contributed by atoms with Crippen LogP contribution in [-0.2, 0) is 4.74 Å². The van der Waals surface area contributed by atoms with Gasteiger partial charge in [-0.05, 0) is 25.0 Å². The van der Waals surface area contributed by atoms with E-state index < -0.39 is 0 Å². The summed E-state index contributed by atoms with van der Waals surface area (Å²) in [5.74, 6) is -0.142. The second-order valence-corrected chi connectivity index (χ2v) is 5.14. The number of hydrogen-bond acceptors (Lipinski definition) is 3. The molecule has 0 unspecified atom stereocenters. The lowest BCUT2D eigenvalue weighted by atomic mass is 9.98. The Bertz CT molecular complexity index is 402. The number of hydrogen-bond donors (Lipinski definition) is 1. The maximum Gasteiger partial charge on any atom is 0.252 e. The van der Waals surface area contributed by atoms with Crippen LogP contribution in [0.4, 0.5) is 0 Å². The molecule has 1 aromatic heterocycles. The summed E-state index contributed by atoms with van der Waals surface area (Å²) < 4.78 is 5.74. The lowest BCUT2D eigenvalue weighted by Gasteiger charge is -2.21. The summed E-state index contributed by atoms with van der Waals surface area (Å²) in [4.78, 5) is 15.6. The summed E-state index contributed by atoms with van der Waals surface area (Å²) in [6.45, 7) is 1.09. The molecule has 1 heterocycles. The third-order valence-corrected chi connectivity index (χ3v) is 3.51. The van der Waals surface area contributed by atoms with Gasteiger partial charge in [0.2, 0.25) is 0 Å². The number of aromatic nitrogens is 1. The standard InChI is InChI=1S/C14H19ClN2O2/c15-13-7-6-11(10-17-13)14(18)16-8-9-19-12-4-2-1-3-5-12/h6-7,10,12H,1-5,8-9H2,(H,16,18). The summed E-state index contributed by atoms with van der Waals surface area (Å²) in [6.07, 6.45) is 7.98. The van der Waals surface area contributed by atoms with Crippen LogP contribution in [0.2, 0.25) is 5.15 Å². The number of halogens is 1. The van der Waals surface area contributed by atoms with Crippen LogP contribution < -0.4 is 5.32 Å². The van der Waals surface area contributed by atoms with Gasteiger partial charge >= 0.3 is 0 Å². The Hall–Kier alpha value is -1.13. The Kier molecular flexibility index (Phi) is 5.61. The van der Waals surface area contributed by atoms with E-state index >= 15 is 0 Å². The Labute approximate surface area is 118 Å². The van der Waals surface area contributed by atoms with Gasteiger partial charge in [0.15, 0.2) is 0 Å². The van der Waals surface area contributed by atoms with E-state index in [2.05, 4.69) is 10.3 Å². The highest BCUT2D eigenvalue weighted by atomic mass is 35.5. The van der Waals surface area contributed by atoms with E-state index in [1.165, 1.54) is 25.5 Å². The third kappa shape index (κ3) is 4.80. The number of nitrogens with one attached hydrogen (secondary N) is 1. The van der Waals surface area contributed by atoms with Crippen LogP contribution in [0.15, 0.2) is 18.3 Å². The van der Waals surface area contributed by atoms with Gasteiger partial charge in [0, 0.05) is 12.7 Å². The number of rotatable bonds is 5. The first-order chi connectivity index (χ1) is 9.25. The van der Waals surface area contributed by atoms with Crippen molar-refractivity contribution >= 4 is 17.5 Å². The zero-order valence-electron chi connectivity index (χ0n) is 10.9. The molecule has 5 heteroatoms. The quantitative estimate of drug-likeness (QED) is 0.667. The van der Waals surface area contributed by atoms with Crippen LogP contribution in [0.5, 0.6) is 0 Å². The van der Waals surface area contributed by atoms with E-state index in [4.69, 9.17) is 16.3 Å². The van der Waals surface area contributed by atoms with Crippen molar-refractivity contribution in [3.8, 4) is 0 Å². The van der Waals surface area contributed by atoms with Crippen molar-refractivity contribution < 1.29 is 9.53 Å². The maximum atomic E-state index is 11.8. The lowest BCUT2D eigenvalue weighted by molar-refractivity contribution is 0.0299. The number of nitrogens with zero attached hydrogens (tertiary/aromatic N) is 1. The summed E-state index contributed by atoms with van der Waals surface area (Å²) >= 11 is 5.67. The summed E-state index contributed by atoms with van der Waals surface area (Å²) in [5.41, 5.74) is 0.516. The molecule has 2 rings (SSSR count). The van der Waals surface area contributed by atoms with Gasteiger partial charge in [-0.1, -0.05) is 30.9 Å². The molecule has 0 aromatic carbocycles. The smallest absolute Gasteiger partial charge is 0.252 e. The number of carbonyl (C=O) groups excluding carboxylic acids is 1. The van der Waals surface area contributed by atoms with E-state index in [0.717, 1.165) is 12.8 Å². The molecule has 0 spiro atoms. The molecule has 1 saturated carbocycles. The molecule has 1 fully saturated rings. The zero-order chi connectivity index (χ0) is 13.5. The van der Waals surface area contributed by atoms with E-state index in [1.54, 1.807) is 12.1 Å². The minimum atomic E-state index is -0.142. The topological polar surface area (TPSA) is 51.2 Å². The molecule has 1 amide bonds. The molecule has 0 bridgehead atoms. The van der Waals surface area contributed by atoms with Crippen LogP contribution in [0.3, 0.4) is 0 Å². The fraction of sp³-hybridized carbons (Fsp3) is 0.571. The second kappa shape index (κ2) is 7.46. The van der Waals surface area contributed by atoms with Crippen molar-refractivity contribution in [3.63, 3.8) is 0 Å². The van der Waals surface area contributed by atoms with Crippen LogP contribution >= 0.6 is 11.6 Å². The van der Waals surface area contributed by atoms with Gasteiger partial charge in [-0.3, -0.25) is 4.79 Å². The average molecular weight is 283 g/mol. The Morgan fingerprint density at radius 2 is 2.16 bits per heavy atom. The molecule has 0 aliphatic heterocycles. The lowest BCUT2D eigenvalue weighted by Crippen LogP contribution is -2.29. The van der Waals surface area contributed by atoms with Gasteiger partial charge in [0.05, 0.1) is 18.3 Å². The van der Waals surface area contributed by atoms with Crippen molar-refractivity contribution in [1.82, 2.24) is 10.3 Å². The molecule has 1 aliphatic carbocycles. The Morgan fingerprint density at radius 1 is 1.37 bits per heavy atom. The van der Waals surface area contributed by atoms with E-state index in [0.29, 0.717) is 30.0 Å². The van der Waals surface area contributed by atoms with Gasteiger partial charge in [0.25, 0.3) is 5.91 Å². The fourth-order valence-electron chi connectivity index (χ4n) is 2.23. The van der Waals surface area contributed by atoms with Gasteiger partial charge in [-0.15, -0.1) is 0 Å². The summed E-state index contributed by atoms with van der Waals surface area (Å²) in [6, 6.07) is 3.27. The SMILES string of the molecule is O=C(NCCOC1CCCCC1)c1ccc(Cl)nc1. The molecule has 1 aliphatic rings. The first kappa shape index (κ1) is 14.3. The molecule has 4 nitrogen and oxygen atoms in total. The van der Waals surface area contributed by atoms with E-state index in [9.17, 15) is 4.79 Å². The van der Waals surface area contributed by atoms with E-state index in [-0.39, 0.29) is 5.91 Å². The van der Waals surface area contributed by atoms with Gasteiger partial charge in [0.1, 0.15) is 5.15 Å². The Morgan fingerprint density at radius 3 is 2.84 bits per heavy atom. The van der Waals surface area contributed by atoms with Crippen molar-refractivity contribution in [3.05, 3.63) is 29.0 Å². The number of pyridine rings is 1. The van der Waals surface area contributed by atoms with Gasteiger partial charge < -0.3 is 10.1 Å².